The molecule has 0 aromatic heterocycles. The van der Waals surface area contributed by atoms with Crippen molar-refractivity contribution >= 4 is 17.5 Å². The monoisotopic (exact) mass is 355 g/mol. The molecular formula is C21H29N3O2. The summed E-state index contributed by atoms with van der Waals surface area (Å²) in [5, 5.41) is 0. The molecule has 1 saturated carbocycles. The Kier molecular flexibility index (Phi) is 4.98. The second kappa shape index (κ2) is 7.39. The van der Waals surface area contributed by atoms with Crippen molar-refractivity contribution in [3.63, 3.8) is 0 Å². The van der Waals surface area contributed by atoms with Gasteiger partial charge in [-0.3, -0.25) is 9.59 Å². The van der Waals surface area contributed by atoms with Crippen LogP contribution in [0.15, 0.2) is 24.3 Å². The number of amides is 2. The number of likely N-dealkylation sites (tertiary alicyclic amines) is 1. The highest BCUT2D eigenvalue weighted by atomic mass is 16.2. The van der Waals surface area contributed by atoms with Crippen LogP contribution in [0.1, 0.15) is 56.4 Å². The van der Waals surface area contributed by atoms with E-state index >= 15 is 0 Å². The number of rotatable bonds is 4. The molecule has 2 fully saturated rings. The van der Waals surface area contributed by atoms with E-state index in [9.17, 15) is 9.59 Å². The van der Waals surface area contributed by atoms with Gasteiger partial charge in [-0.05, 0) is 43.7 Å². The van der Waals surface area contributed by atoms with Crippen molar-refractivity contribution < 1.29 is 9.59 Å². The molecule has 1 saturated heterocycles. The molecule has 3 atom stereocenters. The lowest BCUT2D eigenvalue weighted by atomic mass is 9.85. The standard InChI is InChI=1S/C21H29N3O2/c22-17-6-3-5-15(13-17)21(26)24-14-16(18-7-1-2-8-19(18)24)10-12-23-11-4-9-20(23)25/h1-2,7-8,15-17H,3-6,9-14,22H2. The number of carbonyl (C=O) groups is 2. The van der Waals surface area contributed by atoms with E-state index in [2.05, 4.69) is 18.2 Å². The van der Waals surface area contributed by atoms with Crippen molar-refractivity contribution in [2.75, 3.05) is 24.5 Å². The van der Waals surface area contributed by atoms with E-state index in [1.54, 1.807) is 0 Å². The van der Waals surface area contributed by atoms with Crippen LogP contribution in [0.2, 0.25) is 0 Å². The Labute approximate surface area is 155 Å². The van der Waals surface area contributed by atoms with Gasteiger partial charge in [-0.2, -0.15) is 0 Å². The van der Waals surface area contributed by atoms with Gasteiger partial charge in [0.15, 0.2) is 0 Å². The summed E-state index contributed by atoms with van der Waals surface area (Å²) in [5.74, 6) is 0.902. The number of anilines is 1. The fraction of sp³-hybridized carbons (Fsp3) is 0.619. The Hall–Kier alpha value is -1.88. The number of fused-ring (bicyclic) bond motifs is 1. The molecule has 0 radical (unpaired) electrons. The van der Waals surface area contributed by atoms with E-state index in [-0.39, 0.29) is 23.8 Å². The van der Waals surface area contributed by atoms with Gasteiger partial charge in [0.05, 0.1) is 0 Å². The predicted octanol–water partition coefficient (Wildman–Crippen LogP) is 2.65. The van der Waals surface area contributed by atoms with E-state index in [4.69, 9.17) is 5.73 Å². The Morgan fingerprint density at radius 2 is 2.04 bits per heavy atom. The minimum atomic E-state index is 0.0608. The minimum Gasteiger partial charge on any atom is -0.343 e. The zero-order valence-electron chi connectivity index (χ0n) is 15.4. The number of hydrogen-bond acceptors (Lipinski definition) is 3. The summed E-state index contributed by atoms with van der Waals surface area (Å²) < 4.78 is 0. The number of carbonyl (C=O) groups excluding carboxylic acids is 2. The van der Waals surface area contributed by atoms with Crippen molar-refractivity contribution in [3.8, 4) is 0 Å². The molecule has 26 heavy (non-hydrogen) atoms. The van der Waals surface area contributed by atoms with E-state index in [0.29, 0.717) is 12.3 Å². The summed E-state index contributed by atoms with van der Waals surface area (Å²) in [6.45, 7) is 2.43. The Morgan fingerprint density at radius 1 is 1.19 bits per heavy atom. The van der Waals surface area contributed by atoms with Crippen molar-refractivity contribution in [2.45, 2.75) is 56.9 Å². The summed E-state index contributed by atoms with van der Waals surface area (Å²) >= 11 is 0. The number of nitrogens with two attached hydrogens (primary N) is 1. The van der Waals surface area contributed by atoms with E-state index in [1.807, 2.05) is 15.9 Å². The highest BCUT2D eigenvalue weighted by molar-refractivity contribution is 5.97. The van der Waals surface area contributed by atoms with Gasteiger partial charge in [-0.15, -0.1) is 0 Å². The maximum absolute atomic E-state index is 13.2. The van der Waals surface area contributed by atoms with E-state index in [1.165, 1.54) is 5.56 Å². The number of nitrogens with zero attached hydrogens (tertiary/aromatic N) is 2. The van der Waals surface area contributed by atoms with Gasteiger partial charge in [0, 0.05) is 49.6 Å². The maximum Gasteiger partial charge on any atom is 0.230 e. The summed E-state index contributed by atoms with van der Waals surface area (Å²) in [6.07, 6.45) is 6.44. The molecule has 1 aromatic rings. The molecule has 3 aliphatic rings. The van der Waals surface area contributed by atoms with Crippen molar-refractivity contribution in [1.82, 2.24) is 4.90 Å². The number of hydrogen-bond donors (Lipinski definition) is 1. The Morgan fingerprint density at radius 3 is 2.81 bits per heavy atom. The van der Waals surface area contributed by atoms with Gasteiger partial charge in [0.1, 0.15) is 0 Å². The number of benzene rings is 1. The second-order valence-electron chi connectivity index (χ2n) is 8.10. The lowest BCUT2D eigenvalue weighted by Crippen LogP contribution is -2.40. The molecule has 4 rings (SSSR count). The van der Waals surface area contributed by atoms with Crippen molar-refractivity contribution in [2.24, 2.45) is 11.7 Å². The van der Waals surface area contributed by atoms with Gasteiger partial charge >= 0.3 is 0 Å². The third kappa shape index (κ3) is 3.37. The smallest absolute Gasteiger partial charge is 0.230 e. The topological polar surface area (TPSA) is 66.6 Å². The highest BCUT2D eigenvalue weighted by Gasteiger charge is 2.36. The molecule has 5 nitrogen and oxygen atoms in total. The first-order valence-electron chi connectivity index (χ1n) is 10.1. The summed E-state index contributed by atoms with van der Waals surface area (Å²) in [4.78, 5) is 29.0. The van der Waals surface area contributed by atoms with Crippen LogP contribution in [0, 0.1) is 5.92 Å². The van der Waals surface area contributed by atoms with Gasteiger partial charge in [0.2, 0.25) is 11.8 Å². The summed E-state index contributed by atoms with van der Waals surface area (Å²) in [6, 6.07) is 8.44. The maximum atomic E-state index is 13.2. The van der Waals surface area contributed by atoms with Crippen LogP contribution >= 0.6 is 0 Å². The molecule has 0 spiro atoms. The first-order chi connectivity index (χ1) is 12.6. The van der Waals surface area contributed by atoms with Gasteiger partial charge < -0.3 is 15.5 Å². The summed E-state index contributed by atoms with van der Waals surface area (Å²) in [7, 11) is 0. The third-order valence-corrected chi connectivity index (χ3v) is 6.32. The van der Waals surface area contributed by atoms with E-state index in [0.717, 1.165) is 63.8 Å². The SMILES string of the molecule is NC1CCCC(C(=O)N2CC(CCN3CCCC3=O)c3ccccc32)C1. The summed E-state index contributed by atoms with van der Waals surface area (Å²) in [5.41, 5.74) is 8.43. The second-order valence-corrected chi connectivity index (χ2v) is 8.10. The molecular weight excluding hydrogens is 326 g/mol. The van der Waals surface area contributed by atoms with Gasteiger partial charge in [-0.1, -0.05) is 24.6 Å². The molecule has 1 aromatic carbocycles. The fourth-order valence-corrected chi connectivity index (χ4v) is 4.88. The lowest BCUT2D eigenvalue weighted by molar-refractivity contribution is -0.128. The van der Waals surface area contributed by atoms with E-state index < -0.39 is 0 Å². The molecule has 5 heteroatoms. The number of para-hydroxylation sites is 1. The predicted molar refractivity (Wildman–Crippen MR) is 102 cm³/mol. The van der Waals surface area contributed by atoms with Crippen LogP contribution < -0.4 is 10.6 Å². The first kappa shape index (κ1) is 17.5. The lowest BCUT2D eigenvalue weighted by Gasteiger charge is -2.30. The van der Waals surface area contributed by atoms with Crippen LogP contribution in [0.25, 0.3) is 0 Å². The van der Waals surface area contributed by atoms with Crippen LogP contribution in [-0.4, -0.2) is 42.4 Å². The molecule has 2 amide bonds. The fourth-order valence-electron chi connectivity index (χ4n) is 4.88. The highest BCUT2D eigenvalue weighted by Crippen LogP contribution is 2.40. The molecule has 2 aliphatic heterocycles. The Balaban J connectivity index is 1.47. The largest absolute Gasteiger partial charge is 0.343 e. The molecule has 140 valence electrons. The average molecular weight is 355 g/mol. The third-order valence-electron chi connectivity index (χ3n) is 6.32. The normalized spacial score (nSPS) is 28.5. The van der Waals surface area contributed by atoms with Crippen LogP contribution in [0.5, 0.6) is 0 Å². The molecule has 2 N–H and O–H groups in total. The molecule has 0 bridgehead atoms. The zero-order chi connectivity index (χ0) is 18.1. The quantitative estimate of drug-likeness (QED) is 0.903. The van der Waals surface area contributed by atoms with Crippen molar-refractivity contribution in [1.29, 1.82) is 0 Å². The zero-order valence-corrected chi connectivity index (χ0v) is 15.4. The van der Waals surface area contributed by atoms with Crippen LogP contribution in [0.3, 0.4) is 0 Å². The van der Waals surface area contributed by atoms with Crippen molar-refractivity contribution in [3.05, 3.63) is 29.8 Å². The van der Waals surface area contributed by atoms with Crippen LogP contribution in [0.4, 0.5) is 5.69 Å². The molecule has 1 aliphatic carbocycles. The van der Waals surface area contributed by atoms with Gasteiger partial charge in [-0.25, -0.2) is 0 Å². The molecule has 2 heterocycles. The Bertz CT molecular complexity index is 690. The minimum absolute atomic E-state index is 0.0608. The van der Waals surface area contributed by atoms with Gasteiger partial charge in [0.25, 0.3) is 0 Å². The average Bonchev–Trinajstić information content (AvgIpc) is 3.23. The van der Waals surface area contributed by atoms with Crippen LogP contribution in [-0.2, 0) is 9.59 Å². The first-order valence-corrected chi connectivity index (χ1v) is 10.1. The molecule has 3 unspecified atom stereocenters.